The summed E-state index contributed by atoms with van der Waals surface area (Å²) in [5, 5.41) is 4.17. The smallest absolute Gasteiger partial charge is 0.230 e. The van der Waals surface area contributed by atoms with Crippen LogP contribution in [0.1, 0.15) is 34.2 Å². The van der Waals surface area contributed by atoms with Crippen LogP contribution in [0, 0.1) is 0 Å². The zero-order valence-electron chi connectivity index (χ0n) is 23.3. The first-order valence-electron chi connectivity index (χ1n) is 13.4. The highest BCUT2D eigenvalue weighted by Gasteiger charge is 2.42. The summed E-state index contributed by atoms with van der Waals surface area (Å²) in [5.74, 6) is 0.459. The molecule has 1 aliphatic heterocycles. The lowest BCUT2D eigenvalue weighted by Crippen LogP contribution is -2.43. The van der Waals surface area contributed by atoms with E-state index in [1.165, 1.54) is 0 Å². The first-order chi connectivity index (χ1) is 19.5. The number of nitrogens with zero attached hydrogens (tertiary/aromatic N) is 2. The summed E-state index contributed by atoms with van der Waals surface area (Å²) >= 11 is 0. The zero-order valence-corrected chi connectivity index (χ0v) is 23.3. The van der Waals surface area contributed by atoms with E-state index in [0.717, 1.165) is 33.2 Å². The second kappa shape index (κ2) is 11.8. The second-order valence-electron chi connectivity index (χ2n) is 9.99. The van der Waals surface area contributed by atoms with Crippen LogP contribution >= 0.6 is 0 Å². The first-order valence-corrected chi connectivity index (χ1v) is 13.4. The topological polar surface area (TPSA) is 82.0 Å². The maximum absolute atomic E-state index is 14.3. The van der Waals surface area contributed by atoms with E-state index >= 15 is 0 Å². The number of ether oxygens (including phenoxy) is 3. The molecule has 0 fully saturated rings. The summed E-state index contributed by atoms with van der Waals surface area (Å²) in [6, 6.07) is 20.8. The van der Waals surface area contributed by atoms with Gasteiger partial charge in [0, 0.05) is 61.5 Å². The fourth-order valence-electron chi connectivity index (χ4n) is 5.75. The molecule has 1 aromatic heterocycles. The predicted octanol–water partition coefficient (Wildman–Crippen LogP) is 4.37. The Bertz CT molecular complexity index is 1530. The van der Waals surface area contributed by atoms with E-state index in [9.17, 15) is 9.59 Å². The Balaban J connectivity index is 1.62. The van der Waals surface area contributed by atoms with Gasteiger partial charge in [-0.25, -0.2) is 0 Å². The molecule has 208 valence electrons. The quantitative estimate of drug-likeness (QED) is 0.340. The van der Waals surface area contributed by atoms with E-state index in [-0.39, 0.29) is 24.8 Å². The minimum absolute atomic E-state index is 0.0328. The molecule has 3 aromatic carbocycles. The molecule has 0 saturated carbocycles. The standard InChI is InChI=1S/C32H35N3O5/c1-34-20-26(25-11-7-8-12-27(25)34)31-30(32(37)33-19-22-13-14-23(39-3)18-28(22)40-4)24-10-6-5-9-21(24)17-29(36)35(31)15-16-38-2/h5-14,18,20,30-31H,15-17,19H2,1-4H3,(H,33,37). The lowest BCUT2D eigenvalue weighted by atomic mass is 9.83. The second-order valence-corrected chi connectivity index (χ2v) is 9.99. The van der Waals surface area contributed by atoms with Gasteiger partial charge in [0.05, 0.1) is 39.2 Å². The largest absolute Gasteiger partial charge is 0.497 e. The number of aromatic nitrogens is 1. The van der Waals surface area contributed by atoms with Gasteiger partial charge in [-0.2, -0.15) is 0 Å². The van der Waals surface area contributed by atoms with Crippen LogP contribution in [0.3, 0.4) is 0 Å². The Labute approximate surface area is 234 Å². The average molecular weight is 542 g/mol. The number of hydrogen-bond acceptors (Lipinski definition) is 5. The normalized spacial score (nSPS) is 16.9. The molecule has 0 spiro atoms. The molecule has 2 atom stereocenters. The molecule has 40 heavy (non-hydrogen) atoms. The van der Waals surface area contributed by atoms with Crippen LogP contribution in [0.25, 0.3) is 10.9 Å². The van der Waals surface area contributed by atoms with Gasteiger partial charge in [-0.05, 0) is 29.3 Å². The van der Waals surface area contributed by atoms with Gasteiger partial charge in [0.1, 0.15) is 11.5 Å². The molecule has 4 aromatic rings. The van der Waals surface area contributed by atoms with Crippen LogP contribution in [0.4, 0.5) is 0 Å². The van der Waals surface area contributed by atoms with Crippen molar-refractivity contribution < 1.29 is 23.8 Å². The van der Waals surface area contributed by atoms with Crippen molar-refractivity contribution in [2.45, 2.75) is 24.9 Å². The fraction of sp³-hybridized carbons (Fsp3) is 0.312. The van der Waals surface area contributed by atoms with E-state index in [1.54, 1.807) is 27.4 Å². The van der Waals surface area contributed by atoms with E-state index in [1.807, 2.05) is 66.7 Å². The van der Waals surface area contributed by atoms with Gasteiger partial charge >= 0.3 is 0 Å². The number of rotatable bonds is 9. The number of fused-ring (bicyclic) bond motifs is 2. The van der Waals surface area contributed by atoms with Gasteiger partial charge < -0.3 is 29.0 Å². The zero-order chi connectivity index (χ0) is 28.2. The van der Waals surface area contributed by atoms with Crippen LogP contribution in [0.2, 0.25) is 0 Å². The number of aryl methyl sites for hydroxylation is 1. The van der Waals surface area contributed by atoms with Gasteiger partial charge in [0.2, 0.25) is 11.8 Å². The third-order valence-electron chi connectivity index (χ3n) is 7.72. The van der Waals surface area contributed by atoms with Crippen molar-refractivity contribution in [3.63, 3.8) is 0 Å². The Morgan fingerprint density at radius 2 is 1.75 bits per heavy atom. The summed E-state index contributed by atoms with van der Waals surface area (Å²) < 4.78 is 18.3. The Hall–Kier alpha value is -4.30. The number of carbonyl (C=O) groups excluding carboxylic acids is 2. The Kier molecular flexibility index (Phi) is 8.07. The summed E-state index contributed by atoms with van der Waals surface area (Å²) in [6.45, 7) is 0.993. The van der Waals surface area contributed by atoms with E-state index in [4.69, 9.17) is 14.2 Å². The highest BCUT2D eigenvalue weighted by atomic mass is 16.5. The van der Waals surface area contributed by atoms with Gasteiger partial charge in [0.15, 0.2) is 0 Å². The van der Waals surface area contributed by atoms with E-state index in [2.05, 4.69) is 22.0 Å². The van der Waals surface area contributed by atoms with Crippen molar-refractivity contribution in [1.29, 1.82) is 0 Å². The Morgan fingerprint density at radius 3 is 2.52 bits per heavy atom. The van der Waals surface area contributed by atoms with Gasteiger partial charge in [-0.3, -0.25) is 9.59 Å². The summed E-state index contributed by atoms with van der Waals surface area (Å²) in [5.41, 5.74) is 4.51. The first kappa shape index (κ1) is 27.3. The van der Waals surface area contributed by atoms with Crippen molar-refractivity contribution in [3.8, 4) is 11.5 Å². The summed E-state index contributed by atoms with van der Waals surface area (Å²) in [7, 11) is 6.81. The molecule has 2 amide bonds. The van der Waals surface area contributed by atoms with Gasteiger partial charge in [-0.15, -0.1) is 0 Å². The monoisotopic (exact) mass is 541 g/mol. The predicted molar refractivity (Wildman–Crippen MR) is 154 cm³/mol. The SMILES string of the molecule is COCCN1C(=O)Cc2ccccc2C(C(=O)NCc2ccc(OC)cc2OC)C1c1cn(C)c2ccccc12. The highest BCUT2D eigenvalue weighted by Crippen LogP contribution is 2.43. The molecule has 2 unspecified atom stereocenters. The fourth-order valence-corrected chi connectivity index (χ4v) is 5.75. The van der Waals surface area contributed by atoms with E-state index < -0.39 is 12.0 Å². The van der Waals surface area contributed by atoms with Gasteiger partial charge in [-0.1, -0.05) is 42.5 Å². The molecule has 8 heteroatoms. The van der Waals surface area contributed by atoms with Crippen LogP contribution in [0.5, 0.6) is 11.5 Å². The molecule has 1 N–H and O–H groups in total. The number of amides is 2. The molecular formula is C32H35N3O5. The Morgan fingerprint density at radius 1 is 0.975 bits per heavy atom. The molecular weight excluding hydrogens is 506 g/mol. The number of benzene rings is 3. The molecule has 0 saturated heterocycles. The average Bonchev–Trinajstić information content (AvgIpc) is 3.25. The molecule has 1 aliphatic rings. The lowest BCUT2D eigenvalue weighted by Gasteiger charge is -2.35. The number of methoxy groups -OCH3 is 3. The van der Waals surface area contributed by atoms with Crippen LogP contribution < -0.4 is 14.8 Å². The van der Waals surface area contributed by atoms with Crippen molar-refractivity contribution in [1.82, 2.24) is 14.8 Å². The van der Waals surface area contributed by atoms with Crippen molar-refractivity contribution in [3.05, 3.63) is 95.2 Å². The molecule has 5 rings (SSSR count). The molecule has 2 heterocycles. The van der Waals surface area contributed by atoms with Crippen molar-refractivity contribution in [2.24, 2.45) is 7.05 Å². The van der Waals surface area contributed by atoms with Crippen LogP contribution in [-0.4, -0.2) is 55.8 Å². The molecule has 8 nitrogen and oxygen atoms in total. The third-order valence-corrected chi connectivity index (χ3v) is 7.72. The number of para-hydroxylation sites is 1. The van der Waals surface area contributed by atoms with Crippen LogP contribution in [-0.2, 0) is 34.3 Å². The summed E-state index contributed by atoms with van der Waals surface area (Å²) in [4.78, 5) is 29.9. The minimum atomic E-state index is -0.644. The third kappa shape index (κ3) is 5.14. The number of nitrogens with one attached hydrogen (secondary N) is 1. The maximum Gasteiger partial charge on any atom is 0.230 e. The summed E-state index contributed by atoms with van der Waals surface area (Å²) in [6.07, 6.45) is 2.26. The van der Waals surface area contributed by atoms with Gasteiger partial charge in [0.25, 0.3) is 0 Å². The number of carbonyl (C=O) groups is 2. The number of hydrogen-bond donors (Lipinski definition) is 1. The minimum Gasteiger partial charge on any atom is -0.497 e. The highest BCUT2D eigenvalue weighted by molar-refractivity contribution is 5.92. The lowest BCUT2D eigenvalue weighted by molar-refractivity contribution is -0.135. The van der Waals surface area contributed by atoms with Crippen LogP contribution in [0.15, 0.2) is 72.9 Å². The van der Waals surface area contributed by atoms with Crippen molar-refractivity contribution >= 4 is 22.7 Å². The molecule has 0 bridgehead atoms. The molecule has 0 aliphatic carbocycles. The van der Waals surface area contributed by atoms with E-state index in [0.29, 0.717) is 24.7 Å². The van der Waals surface area contributed by atoms with Crippen molar-refractivity contribution in [2.75, 3.05) is 34.5 Å². The maximum atomic E-state index is 14.3. The molecule has 0 radical (unpaired) electrons.